The molecule has 1 aromatic rings. The van der Waals surface area contributed by atoms with Crippen molar-refractivity contribution < 1.29 is 0 Å². The second-order valence-electron chi connectivity index (χ2n) is 4.26. The van der Waals surface area contributed by atoms with Crippen molar-refractivity contribution in [2.75, 3.05) is 13.1 Å². The summed E-state index contributed by atoms with van der Waals surface area (Å²) in [6.07, 6.45) is 2.46. The van der Waals surface area contributed by atoms with Crippen LogP contribution in [0.2, 0.25) is 0 Å². The van der Waals surface area contributed by atoms with Crippen molar-refractivity contribution in [3.8, 4) is 0 Å². The summed E-state index contributed by atoms with van der Waals surface area (Å²) in [7, 11) is 0. The van der Waals surface area contributed by atoms with Crippen LogP contribution in [0.15, 0.2) is 26.9 Å². The van der Waals surface area contributed by atoms with Gasteiger partial charge in [-0.2, -0.15) is 0 Å². The standard InChI is InChI=1S/C12H16BrN3/c1-9-7-10(2)12(11(13)8-9)14-15-16-5-3-4-6-16/h7-8H,3-6H2,1-2H3. The average molecular weight is 282 g/mol. The van der Waals surface area contributed by atoms with Crippen LogP contribution in [0.1, 0.15) is 24.0 Å². The van der Waals surface area contributed by atoms with Crippen molar-refractivity contribution >= 4 is 21.6 Å². The minimum atomic E-state index is 0.942. The van der Waals surface area contributed by atoms with Crippen LogP contribution < -0.4 is 0 Å². The molecule has 1 aromatic carbocycles. The van der Waals surface area contributed by atoms with Crippen molar-refractivity contribution in [1.29, 1.82) is 0 Å². The van der Waals surface area contributed by atoms with E-state index in [1.54, 1.807) is 0 Å². The molecule has 0 saturated carbocycles. The molecule has 2 rings (SSSR count). The van der Waals surface area contributed by atoms with Crippen LogP contribution in [-0.2, 0) is 0 Å². The molecule has 0 unspecified atom stereocenters. The Labute approximate surface area is 105 Å². The summed E-state index contributed by atoms with van der Waals surface area (Å²) < 4.78 is 1.02. The first-order chi connectivity index (χ1) is 7.66. The van der Waals surface area contributed by atoms with Gasteiger partial charge in [-0.1, -0.05) is 11.3 Å². The molecule has 0 amide bonds. The zero-order valence-electron chi connectivity index (χ0n) is 9.70. The van der Waals surface area contributed by atoms with E-state index in [0.29, 0.717) is 0 Å². The molecule has 86 valence electrons. The fourth-order valence-electron chi connectivity index (χ4n) is 1.93. The van der Waals surface area contributed by atoms with E-state index >= 15 is 0 Å². The highest BCUT2D eigenvalue weighted by Gasteiger charge is 2.09. The smallest absolute Gasteiger partial charge is 0.104 e. The highest BCUT2D eigenvalue weighted by Crippen LogP contribution is 2.31. The lowest BCUT2D eigenvalue weighted by Crippen LogP contribution is -2.09. The zero-order chi connectivity index (χ0) is 11.5. The molecule has 1 heterocycles. The zero-order valence-corrected chi connectivity index (χ0v) is 11.3. The van der Waals surface area contributed by atoms with Gasteiger partial charge in [0, 0.05) is 17.6 Å². The first-order valence-electron chi connectivity index (χ1n) is 5.60. The second-order valence-corrected chi connectivity index (χ2v) is 5.12. The van der Waals surface area contributed by atoms with Gasteiger partial charge >= 0.3 is 0 Å². The SMILES string of the molecule is Cc1cc(C)c(N=NN2CCCC2)c(Br)c1. The molecule has 16 heavy (non-hydrogen) atoms. The number of benzene rings is 1. The summed E-state index contributed by atoms with van der Waals surface area (Å²) in [6, 6.07) is 4.20. The number of rotatable bonds is 2. The Morgan fingerprint density at radius 1 is 1.19 bits per heavy atom. The van der Waals surface area contributed by atoms with Gasteiger partial charge in [-0.15, -0.1) is 5.11 Å². The van der Waals surface area contributed by atoms with Crippen LogP contribution in [0, 0.1) is 13.8 Å². The van der Waals surface area contributed by atoms with Gasteiger partial charge in [-0.05, 0) is 59.8 Å². The Balaban J connectivity index is 2.20. The number of halogens is 1. The van der Waals surface area contributed by atoms with Gasteiger partial charge in [0.15, 0.2) is 0 Å². The second kappa shape index (κ2) is 4.95. The molecule has 0 N–H and O–H groups in total. The molecule has 1 saturated heterocycles. The molecule has 3 nitrogen and oxygen atoms in total. The quantitative estimate of drug-likeness (QED) is 0.748. The van der Waals surface area contributed by atoms with E-state index in [1.807, 2.05) is 5.01 Å². The van der Waals surface area contributed by atoms with Gasteiger partial charge in [-0.25, -0.2) is 0 Å². The molecule has 1 aliphatic heterocycles. The van der Waals surface area contributed by atoms with Crippen LogP contribution in [0.25, 0.3) is 0 Å². The summed E-state index contributed by atoms with van der Waals surface area (Å²) in [5, 5.41) is 10.6. The molecule has 0 aliphatic carbocycles. The topological polar surface area (TPSA) is 28.0 Å². The maximum Gasteiger partial charge on any atom is 0.104 e. The third-order valence-corrected chi connectivity index (χ3v) is 3.36. The number of aryl methyl sites for hydroxylation is 2. The third kappa shape index (κ3) is 2.61. The van der Waals surface area contributed by atoms with Crippen LogP contribution in [0.3, 0.4) is 0 Å². The maximum atomic E-state index is 4.33. The predicted octanol–water partition coefficient (Wildman–Crippen LogP) is 4.16. The van der Waals surface area contributed by atoms with Crippen LogP contribution in [0.4, 0.5) is 5.69 Å². The maximum absolute atomic E-state index is 4.33. The number of hydrogen-bond donors (Lipinski definition) is 0. The van der Waals surface area contributed by atoms with Gasteiger partial charge in [0.25, 0.3) is 0 Å². The van der Waals surface area contributed by atoms with E-state index in [9.17, 15) is 0 Å². The van der Waals surface area contributed by atoms with E-state index in [-0.39, 0.29) is 0 Å². The highest BCUT2D eigenvalue weighted by atomic mass is 79.9. The van der Waals surface area contributed by atoms with Gasteiger partial charge in [0.05, 0.1) is 0 Å². The van der Waals surface area contributed by atoms with Crippen molar-refractivity contribution in [2.24, 2.45) is 10.3 Å². The normalized spacial score (nSPS) is 16.3. The lowest BCUT2D eigenvalue weighted by Gasteiger charge is -2.09. The molecule has 1 fully saturated rings. The Morgan fingerprint density at radius 2 is 1.88 bits per heavy atom. The summed E-state index contributed by atoms with van der Waals surface area (Å²) in [5.74, 6) is 0. The van der Waals surface area contributed by atoms with Crippen LogP contribution >= 0.6 is 15.9 Å². The largest absolute Gasteiger partial charge is 0.278 e. The summed E-state index contributed by atoms with van der Waals surface area (Å²) >= 11 is 3.54. The lowest BCUT2D eigenvalue weighted by molar-refractivity contribution is 0.336. The summed E-state index contributed by atoms with van der Waals surface area (Å²) in [6.45, 7) is 6.22. The highest BCUT2D eigenvalue weighted by molar-refractivity contribution is 9.10. The minimum absolute atomic E-state index is 0.942. The molecule has 0 atom stereocenters. The average Bonchev–Trinajstić information content (AvgIpc) is 2.68. The first kappa shape index (κ1) is 11.6. The summed E-state index contributed by atoms with van der Waals surface area (Å²) in [4.78, 5) is 0. The molecular weight excluding hydrogens is 266 g/mol. The molecule has 0 radical (unpaired) electrons. The van der Waals surface area contributed by atoms with E-state index in [2.05, 4.69) is 52.2 Å². The fourth-order valence-corrected chi connectivity index (χ4v) is 2.69. The molecule has 4 heteroatoms. The minimum Gasteiger partial charge on any atom is -0.278 e. The van der Waals surface area contributed by atoms with Crippen molar-refractivity contribution in [1.82, 2.24) is 5.01 Å². The summed E-state index contributed by atoms with van der Waals surface area (Å²) in [5.41, 5.74) is 3.34. The monoisotopic (exact) mass is 281 g/mol. The van der Waals surface area contributed by atoms with E-state index < -0.39 is 0 Å². The number of nitrogens with zero attached hydrogens (tertiary/aromatic N) is 3. The van der Waals surface area contributed by atoms with Crippen molar-refractivity contribution in [3.05, 3.63) is 27.7 Å². The molecular formula is C12H16BrN3. The van der Waals surface area contributed by atoms with Gasteiger partial charge in [0.2, 0.25) is 0 Å². The molecule has 0 aromatic heterocycles. The Bertz CT molecular complexity index is 386. The predicted molar refractivity (Wildman–Crippen MR) is 68.9 cm³/mol. The first-order valence-corrected chi connectivity index (χ1v) is 6.39. The number of hydrogen-bond acceptors (Lipinski definition) is 2. The lowest BCUT2D eigenvalue weighted by atomic mass is 10.1. The molecule has 1 aliphatic rings. The fraction of sp³-hybridized carbons (Fsp3) is 0.500. The van der Waals surface area contributed by atoms with Crippen LogP contribution in [-0.4, -0.2) is 18.1 Å². The van der Waals surface area contributed by atoms with Crippen molar-refractivity contribution in [3.63, 3.8) is 0 Å². The Hall–Kier alpha value is -0.900. The van der Waals surface area contributed by atoms with E-state index in [1.165, 1.54) is 18.4 Å². The third-order valence-electron chi connectivity index (χ3n) is 2.75. The van der Waals surface area contributed by atoms with Gasteiger partial charge < -0.3 is 0 Å². The Morgan fingerprint density at radius 3 is 2.50 bits per heavy atom. The Kier molecular flexibility index (Phi) is 3.59. The molecule has 0 spiro atoms. The van der Waals surface area contributed by atoms with E-state index in [4.69, 9.17) is 0 Å². The van der Waals surface area contributed by atoms with Crippen molar-refractivity contribution in [2.45, 2.75) is 26.7 Å². The van der Waals surface area contributed by atoms with E-state index in [0.717, 1.165) is 28.8 Å². The van der Waals surface area contributed by atoms with Gasteiger partial charge in [-0.3, -0.25) is 5.01 Å². The van der Waals surface area contributed by atoms with Gasteiger partial charge in [0.1, 0.15) is 5.69 Å². The van der Waals surface area contributed by atoms with Crippen LogP contribution in [0.5, 0.6) is 0 Å². The molecule has 0 bridgehead atoms.